The van der Waals surface area contributed by atoms with Crippen molar-refractivity contribution >= 4 is 11.8 Å². The van der Waals surface area contributed by atoms with Crippen LogP contribution in [0.15, 0.2) is 42.9 Å². The van der Waals surface area contributed by atoms with Gasteiger partial charge in [-0.05, 0) is 31.9 Å². The van der Waals surface area contributed by atoms with Crippen molar-refractivity contribution in [3.63, 3.8) is 0 Å². The molecule has 0 radical (unpaired) electrons. The lowest BCUT2D eigenvalue weighted by atomic mass is 10.0. The van der Waals surface area contributed by atoms with Crippen LogP contribution < -0.4 is 14.8 Å². The normalized spacial score (nSPS) is 14.4. The van der Waals surface area contributed by atoms with Crippen molar-refractivity contribution in [3.05, 3.63) is 48.5 Å². The molecular formula is C20H24N4O4. The highest BCUT2D eigenvalue weighted by atomic mass is 16.5. The van der Waals surface area contributed by atoms with Crippen molar-refractivity contribution in [1.82, 2.24) is 20.2 Å². The topological polar surface area (TPSA) is 93.7 Å². The second kappa shape index (κ2) is 9.68. The highest BCUT2D eigenvalue weighted by molar-refractivity contribution is 5.92. The molecule has 0 saturated carbocycles. The van der Waals surface area contributed by atoms with E-state index in [4.69, 9.17) is 9.47 Å². The highest BCUT2D eigenvalue weighted by Gasteiger charge is 2.25. The molecule has 1 aliphatic rings. The van der Waals surface area contributed by atoms with Gasteiger partial charge in [0.15, 0.2) is 18.1 Å². The van der Waals surface area contributed by atoms with Crippen molar-refractivity contribution in [2.24, 2.45) is 0 Å². The summed E-state index contributed by atoms with van der Waals surface area (Å²) in [6.45, 7) is 3.47. The number of benzene rings is 1. The summed E-state index contributed by atoms with van der Waals surface area (Å²) in [4.78, 5) is 34.3. The molecule has 8 heteroatoms. The van der Waals surface area contributed by atoms with Crippen LogP contribution in [-0.2, 0) is 4.79 Å². The molecule has 2 amide bonds. The number of nitrogens with zero attached hydrogens (tertiary/aromatic N) is 3. The van der Waals surface area contributed by atoms with Crippen LogP contribution >= 0.6 is 0 Å². The van der Waals surface area contributed by atoms with Crippen LogP contribution in [0.4, 0.5) is 0 Å². The maximum absolute atomic E-state index is 12.4. The Morgan fingerprint density at radius 2 is 1.86 bits per heavy atom. The van der Waals surface area contributed by atoms with Gasteiger partial charge in [-0.25, -0.2) is 4.98 Å². The van der Waals surface area contributed by atoms with Gasteiger partial charge in [-0.15, -0.1) is 0 Å². The number of likely N-dealkylation sites (tertiary alicyclic amines) is 1. The molecule has 2 aromatic rings. The monoisotopic (exact) mass is 384 g/mol. The third-order valence-electron chi connectivity index (χ3n) is 4.44. The third kappa shape index (κ3) is 5.18. The van der Waals surface area contributed by atoms with E-state index < -0.39 is 0 Å². The SMILES string of the molecule is CCOc1ccccc1OCC(=O)NC1CCN(C(=O)c2cnccn2)CC1. The first kappa shape index (κ1) is 19.6. The van der Waals surface area contributed by atoms with Gasteiger partial charge in [-0.1, -0.05) is 12.1 Å². The largest absolute Gasteiger partial charge is 0.490 e. The number of hydrogen-bond acceptors (Lipinski definition) is 6. The predicted octanol–water partition coefficient (Wildman–Crippen LogP) is 1.68. The van der Waals surface area contributed by atoms with E-state index in [1.165, 1.54) is 18.6 Å². The second-order valence-electron chi connectivity index (χ2n) is 6.39. The molecule has 8 nitrogen and oxygen atoms in total. The molecule has 0 atom stereocenters. The predicted molar refractivity (Wildman–Crippen MR) is 102 cm³/mol. The maximum atomic E-state index is 12.4. The first-order valence-electron chi connectivity index (χ1n) is 9.36. The Bertz CT molecular complexity index is 792. The standard InChI is InChI=1S/C20H24N4O4/c1-2-27-17-5-3-4-6-18(17)28-14-19(25)23-15-7-11-24(12-8-15)20(26)16-13-21-9-10-22-16/h3-6,9-10,13,15H,2,7-8,11-12,14H2,1H3,(H,23,25). The zero-order valence-corrected chi connectivity index (χ0v) is 15.8. The van der Waals surface area contributed by atoms with Gasteiger partial charge in [-0.2, -0.15) is 0 Å². The van der Waals surface area contributed by atoms with E-state index >= 15 is 0 Å². The first-order valence-corrected chi connectivity index (χ1v) is 9.36. The number of nitrogens with one attached hydrogen (secondary N) is 1. The molecule has 1 aromatic heterocycles. The van der Waals surface area contributed by atoms with Crippen molar-refractivity contribution in [3.8, 4) is 11.5 Å². The van der Waals surface area contributed by atoms with Crippen LogP contribution in [0.2, 0.25) is 0 Å². The Kier molecular flexibility index (Phi) is 6.78. The minimum absolute atomic E-state index is 0.0177. The van der Waals surface area contributed by atoms with Gasteiger partial charge in [-0.3, -0.25) is 14.6 Å². The summed E-state index contributed by atoms with van der Waals surface area (Å²) in [6, 6.07) is 7.28. The highest BCUT2D eigenvalue weighted by Crippen LogP contribution is 2.26. The molecule has 148 valence electrons. The van der Waals surface area contributed by atoms with Gasteiger partial charge in [0, 0.05) is 31.5 Å². The average molecular weight is 384 g/mol. The number of aromatic nitrogens is 2. The summed E-state index contributed by atoms with van der Waals surface area (Å²) < 4.78 is 11.1. The van der Waals surface area contributed by atoms with E-state index in [2.05, 4.69) is 15.3 Å². The number of carbonyl (C=O) groups is 2. The third-order valence-corrected chi connectivity index (χ3v) is 4.44. The first-order chi connectivity index (χ1) is 13.7. The average Bonchev–Trinajstić information content (AvgIpc) is 2.74. The Morgan fingerprint density at radius 1 is 1.14 bits per heavy atom. The lowest BCUT2D eigenvalue weighted by Gasteiger charge is -2.32. The minimum Gasteiger partial charge on any atom is -0.490 e. The van der Waals surface area contributed by atoms with Crippen LogP contribution in [0.3, 0.4) is 0 Å². The quantitative estimate of drug-likeness (QED) is 0.781. The molecule has 0 bridgehead atoms. The summed E-state index contributed by atoms with van der Waals surface area (Å²) in [6.07, 6.45) is 5.88. The molecule has 1 N–H and O–H groups in total. The fraction of sp³-hybridized carbons (Fsp3) is 0.400. The Morgan fingerprint density at radius 3 is 2.50 bits per heavy atom. The van der Waals surface area contributed by atoms with Gasteiger partial charge in [0.25, 0.3) is 11.8 Å². The van der Waals surface area contributed by atoms with Crippen molar-refractivity contribution in [2.45, 2.75) is 25.8 Å². The van der Waals surface area contributed by atoms with Crippen LogP contribution in [0.5, 0.6) is 11.5 Å². The van der Waals surface area contributed by atoms with E-state index in [1.807, 2.05) is 19.1 Å². The zero-order valence-electron chi connectivity index (χ0n) is 15.8. The molecule has 0 aliphatic carbocycles. The number of ether oxygens (including phenoxy) is 2. The molecule has 1 aromatic carbocycles. The van der Waals surface area contributed by atoms with Crippen molar-refractivity contribution in [1.29, 1.82) is 0 Å². The summed E-state index contributed by atoms with van der Waals surface area (Å²) >= 11 is 0. The number of piperidine rings is 1. The fourth-order valence-electron chi connectivity index (χ4n) is 3.06. The van der Waals surface area contributed by atoms with Crippen molar-refractivity contribution < 1.29 is 19.1 Å². The number of amides is 2. The van der Waals surface area contributed by atoms with E-state index in [9.17, 15) is 9.59 Å². The summed E-state index contributed by atoms with van der Waals surface area (Å²) in [5.74, 6) is 0.844. The molecule has 0 unspecified atom stereocenters. The summed E-state index contributed by atoms with van der Waals surface area (Å²) in [5.41, 5.74) is 0.339. The van der Waals surface area contributed by atoms with E-state index in [-0.39, 0.29) is 24.5 Å². The Hall–Kier alpha value is -3.16. The molecule has 2 heterocycles. The lowest BCUT2D eigenvalue weighted by molar-refractivity contribution is -0.124. The van der Waals surface area contributed by atoms with Gasteiger partial charge >= 0.3 is 0 Å². The molecular weight excluding hydrogens is 360 g/mol. The Labute approximate surface area is 163 Å². The van der Waals surface area contributed by atoms with E-state index in [0.29, 0.717) is 49.7 Å². The van der Waals surface area contributed by atoms with Crippen molar-refractivity contribution in [2.75, 3.05) is 26.3 Å². The van der Waals surface area contributed by atoms with Gasteiger partial charge in [0.05, 0.1) is 12.8 Å². The van der Waals surface area contributed by atoms with Gasteiger partial charge in [0.1, 0.15) is 5.69 Å². The van der Waals surface area contributed by atoms with Crippen LogP contribution in [0.25, 0.3) is 0 Å². The summed E-state index contributed by atoms with van der Waals surface area (Å²) in [7, 11) is 0. The van der Waals surface area contributed by atoms with Gasteiger partial charge in [0.2, 0.25) is 0 Å². The molecule has 3 rings (SSSR count). The van der Waals surface area contributed by atoms with Crippen LogP contribution in [-0.4, -0.2) is 59.0 Å². The van der Waals surface area contributed by atoms with Gasteiger partial charge < -0.3 is 19.7 Å². The molecule has 1 saturated heterocycles. The molecule has 28 heavy (non-hydrogen) atoms. The fourth-order valence-corrected chi connectivity index (χ4v) is 3.06. The maximum Gasteiger partial charge on any atom is 0.274 e. The number of hydrogen-bond donors (Lipinski definition) is 1. The molecule has 1 fully saturated rings. The number of para-hydroxylation sites is 2. The van der Waals surface area contributed by atoms with E-state index in [0.717, 1.165) is 0 Å². The smallest absolute Gasteiger partial charge is 0.274 e. The Balaban J connectivity index is 1.43. The van der Waals surface area contributed by atoms with Crippen LogP contribution in [0, 0.1) is 0 Å². The zero-order chi connectivity index (χ0) is 19.8. The lowest BCUT2D eigenvalue weighted by Crippen LogP contribution is -2.47. The van der Waals surface area contributed by atoms with E-state index in [1.54, 1.807) is 17.0 Å². The number of rotatable bonds is 7. The number of carbonyl (C=O) groups excluding carboxylic acids is 2. The molecule has 1 aliphatic heterocycles. The van der Waals surface area contributed by atoms with Crippen LogP contribution in [0.1, 0.15) is 30.3 Å². The summed E-state index contributed by atoms with van der Waals surface area (Å²) in [5, 5.41) is 2.97. The second-order valence-corrected chi connectivity index (χ2v) is 6.39. The molecule has 0 spiro atoms. The minimum atomic E-state index is -0.190.